The van der Waals surface area contributed by atoms with E-state index in [1.165, 1.54) is 0 Å². The van der Waals surface area contributed by atoms with Crippen LogP contribution in [0.5, 0.6) is 0 Å². The molecule has 0 heterocycles. The highest BCUT2D eigenvalue weighted by Crippen LogP contribution is 2.19. The van der Waals surface area contributed by atoms with E-state index in [9.17, 15) is 4.79 Å². The first kappa shape index (κ1) is 15.1. The van der Waals surface area contributed by atoms with Crippen molar-refractivity contribution in [3.63, 3.8) is 0 Å². The van der Waals surface area contributed by atoms with Crippen LogP contribution in [0.1, 0.15) is 11.1 Å². The lowest BCUT2D eigenvalue weighted by Gasteiger charge is -2.10. The maximum atomic E-state index is 11.9. The van der Waals surface area contributed by atoms with Gasteiger partial charge in [0.05, 0.1) is 18.2 Å². The van der Waals surface area contributed by atoms with E-state index in [2.05, 4.69) is 32.6 Å². The van der Waals surface area contributed by atoms with Crippen LogP contribution in [0.4, 0.5) is 11.4 Å². The molecule has 0 aromatic heterocycles. The predicted octanol–water partition coefficient (Wildman–Crippen LogP) is 3.68. The van der Waals surface area contributed by atoms with Crippen LogP contribution in [0.25, 0.3) is 0 Å². The maximum absolute atomic E-state index is 11.9. The highest BCUT2D eigenvalue weighted by Gasteiger charge is 2.05. The monoisotopic (exact) mass is 343 g/mol. The molecule has 2 rings (SSSR count). The van der Waals surface area contributed by atoms with Gasteiger partial charge in [-0.25, -0.2) is 0 Å². The quantitative estimate of drug-likeness (QED) is 0.889. The maximum Gasteiger partial charge on any atom is 0.243 e. The van der Waals surface area contributed by atoms with Gasteiger partial charge in [-0.05, 0) is 55.0 Å². The van der Waals surface area contributed by atoms with E-state index in [0.29, 0.717) is 5.56 Å². The van der Waals surface area contributed by atoms with Crippen molar-refractivity contribution in [2.45, 2.75) is 6.92 Å². The van der Waals surface area contributed by atoms with Gasteiger partial charge in [0.2, 0.25) is 5.91 Å². The van der Waals surface area contributed by atoms with Crippen molar-refractivity contribution >= 4 is 33.2 Å². The number of anilines is 2. The minimum atomic E-state index is -0.121. The second kappa shape index (κ2) is 6.91. The number of halogens is 1. The van der Waals surface area contributed by atoms with Gasteiger partial charge in [0.25, 0.3) is 0 Å². The number of benzene rings is 2. The Morgan fingerprint density at radius 3 is 2.57 bits per heavy atom. The molecule has 0 bridgehead atoms. The molecular formula is C16H14BrN3O. The van der Waals surface area contributed by atoms with E-state index in [-0.39, 0.29) is 12.5 Å². The number of carbonyl (C=O) groups excluding carboxylic acids is 1. The Balaban J connectivity index is 1.91. The lowest BCUT2D eigenvalue weighted by atomic mass is 10.2. The van der Waals surface area contributed by atoms with E-state index in [0.717, 1.165) is 21.4 Å². The minimum Gasteiger partial charge on any atom is -0.376 e. The highest BCUT2D eigenvalue weighted by molar-refractivity contribution is 9.10. The number of hydrogen-bond acceptors (Lipinski definition) is 3. The summed E-state index contributed by atoms with van der Waals surface area (Å²) in [6.07, 6.45) is 0. The topological polar surface area (TPSA) is 64.9 Å². The number of hydrogen-bond donors (Lipinski definition) is 2. The predicted molar refractivity (Wildman–Crippen MR) is 87.2 cm³/mol. The molecule has 106 valence electrons. The molecule has 0 saturated carbocycles. The van der Waals surface area contributed by atoms with Gasteiger partial charge in [-0.3, -0.25) is 4.79 Å². The van der Waals surface area contributed by atoms with Crippen molar-refractivity contribution in [1.82, 2.24) is 0 Å². The van der Waals surface area contributed by atoms with E-state index in [4.69, 9.17) is 5.26 Å². The summed E-state index contributed by atoms with van der Waals surface area (Å²) in [4.78, 5) is 11.9. The Morgan fingerprint density at radius 1 is 1.24 bits per heavy atom. The fourth-order valence-electron chi connectivity index (χ4n) is 1.81. The largest absolute Gasteiger partial charge is 0.376 e. The zero-order valence-corrected chi connectivity index (χ0v) is 13.1. The molecule has 5 heteroatoms. The summed E-state index contributed by atoms with van der Waals surface area (Å²) in [5, 5.41) is 14.6. The van der Waals surface area contributed by atoms with Gasteiger partial charge in [-0.2, -0.15) is 5.26 Å². The Kier molecular flexibility index (Phi) is 4.96. The molecule has 1 amide bonds. The Morgan fingerprint density at radius 2 is 1.95 bits per heavy atom. The number of carbonyl (C=O) groups is 1. The van der Waals surface area contributed by atoms with Gasteiger partial charge >= 0.3 is 0 Å². The Bertz CT molecular complexity index is 690. The highest BCUT2D eigenvalue weighted by atomic mass is 79.9. The number of amides is 1. The van der Waals surface area contributed by atoms with E-state index in [1.54, 1.807) is 24.3 Å². The number of nitrogens with one attached hydrogen (secondary N) is 2. The minimum absolute atomic E-state index is 0.121. The first-order valence-electron chi connectivity index (χ1n) is 6.38. The summed E-state index contributed by atoms with van der Waals surface area (Å²) in [7, 11) is 0. The average Bonchev–Trinajstić information content (AvgIpc) is 2.48. The summed E-state index contributed by atoms with van der Waals surface area (Å²) in [5.74, 6) is -0.121. The normalized spacial score (nSPS) is 9.76. The zero-order chi connectivity index (χ0) is 15.2. The van der Waals surface area contributed by atoms with Crippen LogP contribution in [0, 0.1) is 18.3 Å². The molecule has 0 aliphatic carbocycles. The Labute approximate surface area is 131 Å². The van der Waals surface area contributed by atoms with Crippen LogP contribution in [0.3, 0.4) is 0 Å². The molecule has 0 fully saturated rings. The number of aryl methyl sites for hydroxylation is 1. The third-order valence-corrected chi connectivity index (χ3v) is 3.42. The average molecular weight is 344 g/mol. The second-order valence-corrected chi connectivity index (χ2v) is 5.47. The molecule has 2 aromatic carbocycles. The molecule has 0 atom stereocenters. The zero-order valence-electron chi connectivity index (χ0n) is 11.5. The van der Waals surface area contributed by atoms with Crippen LogP contribution in [0.15, 0.2) is 46.9 Å². The molecule has 0 spiro atoms. The van der Waals surface area contributed by atoms with Gasteiger partial charge in [-0.1, -0.05) is 15.9 Å². The molecule has 2 N–H and O–H groups in total. The second-order valence-electron chi connectivity index (χ2n) is 4.55. The molecule has 21 heavy (non-hydrogen) atoms. The molecule has 0 unspecified atom stereocenters. The molecule has 4 nitrogen and oxygen atoms in total. The molecule has 2 aromatic rings. The van der Waals surface area contributed by atoms with Gasteiger partial charge in [0, 0.05) is 15.8 Å². The fraction of sp³-hybridized carbons (Fsp3) is 0.125. The summed E-state index contributed by atoms with van der Waals surface area (Å²) in [5.41, 5.74) is 3.19. The van der Waals surface area contributed by atoms with Crippen LogP contribution in [-0.2, 0) is 4.79 Å². The van der Waals surface area contributed by atoms with Gasteiger partial charge in [-0.15, -0.1) is 0 Å². The molecule has 0 saturated heterocycles. The van der Waals surface area contributed by atoms with Crippen molar-refractivity contribution < 1.29 is 4.79 Å². The SMILES string of the molecule is Cc1cc(Br)ccc1NC(=O)CNc1ccc(C#N)cc1. The first-order chi connectivity index (χ1) is 10.1. The van der Waals surface area contributed by atoms with Crippen molar-refractivity contribution in [3.05, 3.63) is 58.1 Å². The first-order valence-corrected chi connectivity index (χ1v) is 7.18. The van der Waals surface area contributed by atoms with Crippen molar-refractivity contribution in [1.29, 1.82) is 5.26 Å². The van der Waals surface area contributed by atoms with Crippen LogP contribution < -0.4 is 10.6 Å². The lowest BCUT2D eigenvalue weighted by Crippen LogP contribution is -2.22. The van der Waals surface area contributed by atoms with Crippen LogP contribution in [-0.4, -0.2) is 12.5 Å². The third kappa shape index (κ3) is 4.33. The van der Waals surface area contributed by atoms with Gasteiger partial charge < -0.3 is 10.6 Å². The summed E-state index contributed by atoms with van der Waals surface area (Å²) >= 11 is 3.39. The number of nitrogens with zero attached hydrogens (tertiary/aromatic N) is 1. The van der Waals surface area contributed by atoms with Gasteiger partial charge in [0.15, 0.2) is 0 Å². The molecular weight excluding hydrogens is 330 g/mol. The summed E-state index contributed by atoms with van der Waals surface area (Å²) in [6.45, 7) is 2.11. The van der Waals surface area contributed by atoms with Gasteiger partial charge in [0.1, 0.15) is 0 Å². The van der Waals surface area contributed by atoms with Crippen LogP contribution in [0.2, 0.25) is 0 Å². The van der Waals surface area contributed by atoms with E-state index < -0.39 is 0 Å². The summed E-state index contributed by atoms with van der Waals surface area (Å²) < 4.78 is 0.980. The van der Waals surface area contributed by atoms with E-state index in [1.807, 2.05) is 25.1 Å². The van der Waals surface area contributed by atoms with Crippen molar-refractivity contribution in [3.8, 4) is 6.07 Å². The fourth-order valence-corrected chi connectivity index (χ4v) is 2.28. The van der Waals surface area contributed by atoms with Crippen LogP contribution >= 0.6 is 15.9 Å². The van der Waals surface area contributed by atoms with Crippen molar-refractivity contribution in [2.24, 2.45) is 0 Å². The molecule has 0 aliphatic rings. The number of rotatable bonds is 4. The Hall–Kier alpha value is -2.32. The number of nitriles is 1. The third-order valence-electron chi connectivity index (χ3n) is 2.93. The molecule has 0 radical (unpaired) electrons. The van der Waals surface area contributed by atoms with E-state index >= 15 is 0 Å². The molecule has 0 aliphatic heterocycles. The standard InChI is InChI=1S/C16H14BrN3O/c1-11-8-13(17)4-7-15(11)20-16(21)10-19-14-5-2-12(9-18)3-6-14/h2-8,19H,10H2,1H3,(H,20,21). The summed E-state index contributed by atoms with van der Waals surface area (Å²) in [6, 6.07) is 14.7. The van der Waals surface area contributed by atoms with Crippen molar-refractivity contribution in [2.75, 3.05) is 17.2 Å². The smallest absolute Gasteiger partial charge is 0.243 e. The lowest BCUT2D eigenvalue weighted by molar-refractivity contribution is -0.114.